The van der Waals surface area contributed by atoms with Crippen molar-refractivity contribution in [2.24, 2.45) is 5.73 Å². The predicted molar refractivity (Wildman–Crippen MR) is 83.5 cm³/mol. The summed E-state index contributed by atoms with van der Waals surface area (Å²) < 4.78 is 0. The van der Waals surface area contributed by atoms with Crippen LogP contribution in [0.4, 0.5) is 0 Å². The molecule has 1 heterocycles. The zero-order valence-electron chi connectivity index (χ0n) is 11.6. The van der Waals surface area contributed by atoms with E-state index in [0.29, 0.717) is 0 Å². The molecule has 0 aliphatic carbocycles. The molecule has 0 saturated heterocycles. The summed E-state index contributed by atoms with van der Waals surface area (Å²) in [6.07, 6.45) is 5.62. The Morgan fingerprint density at radius 1 is 1.11 bits per heavy atom. The second-order valence-corrected chi connectivity index (χ2v) is 5.76. The van der Waals surface area contributed by atoms with E-state index < -0.39 is 0 Å². The van der Waals surface area contributed by atoms with Gasteiger partial charge in [-0.25, -0.2) is 4.98 Å². The summed E-state index contributed by atoms with van der Waals surface area (Å²) in [7, 11) is 0. The van der Waals surface area contributed by atoms with Gasteiger partial charge in [0.15, 0.2) is 0 Å². The average Bonchev–Trinajstić information content (AvgIpc) is 2.89. The van der Waals surface area contributed by atoms with Gasteiger partial charge < -0.3 is 5.73 Å². The SMILES string of the molecule is CCCc1ccc(-c2csc(CCCCN)n2)cc1. The molecule has 0 amide bonds. The lowest BCUT2D eigenvalue weighted by Gasteiger charge is -2.00. The van der Waals surface area contributed by atoms with Crippen LogP contribution in [0.5, 0.6) is 0 Å². The zero-order chi connectivity index (χ0) is 13.5. The van der Waals surface area contributed by atoms with Gasteiger partial charge in [-0.3, -0.25) is 0 Å². The number of thiazole rings is 1. The fraction of sp³-hybridized carbons (Fsp3) is 0.438. The molecule has 0 radical (unpaired) electrons. The quantitative estimate of drug-likeness (QED) is 0.774. The normalized spacial score (nSPS) is 10.8. The van der Waals surface area contributed by atoms with Crippen LogP contribution in [0.2, 0.25) is 0 Å². The molecule has 2 N–H and O–H groups in total. The summed E-state index contributed by atoms with van der Waals surface area (Å²) >= 11 is 1.76. The van der Waals surface area contributed by atoms with Crippen LogP contribution >= 0.6 is 11.3 Å². The van der Waals surface area contributed by atoms with Crippen molar-refractivity contribution in [2.75, 3.05) is 6.54 Å². The van der Waals surface area contributed by atoms with E-state index in [1.54, 1.807) is 11.3 Å². The van der Waals surface area contributed by atoms with Crippen molar-refractivity contribution in [1.29, 1.82) is 0 Å². The standard InChI is InChI=1S/C16H22N2S/c1-2-5-13-7-9-14(10-8-13)15-12-19-16(18-15)6-3-4-11-17/h7-10,12H,2-6,11,17H2,1H3. The van der Waals surface area contributed by atoms with Crippen molar-refractivity contribution in [2.45, 2.75) is 39.0 Å². The molecule has 0 aliphatic rings. The topological polar surface area (TPSA) is 38.9 Å². The fourth-order valence-electron chi connectivity index (χ4n) is 2.11. The molecule has 3 heteroatoms. The third-order valence-electron chi connectivity index (χ3n) is 3.18. The van der Waals surface area contributed by atoms with Crippen LogP contribution in [0.1, 0.15) is 36.8 Å². The van der Waals surface area contributed by atoms with E-state index in [0.717, 1.165) is 37.9 Å². The van der Waals surface area contributed by atoms with Crippen LogP contribution in [-0.4, -0.2) is 11.5 Å². The van der Waals surface area contributed by atoms with Crippen molar-refractivity contribution in [1.82, 2.24) is 4.98 Å². The van der Waals surface area contributed by atoms with E-state index in [2.05, 4.69) is 36.6 Å². The van der Waals surface area contributed by atoms with Crippen LogP contribution in [0.3, 0.4) is 0 Å². The van der Waals surface area contributed by atoms with Crippen molar-refractivity contribution in [3.63, 3.8) is 0 Å². The molecule has 1 aromatic carbocycles. The monoisotopic (exact) mass is 274 g/mol. The highest BCUT2D eigenvalue weighted by molar-refractivity contribution is 7.09. The highest BCUT2D eigenvalue weighted by atomic mass is 32.1. The van der Waals surface area contributed by atoms with Crippen molar-refractivity contribution >= 4 is 11.3 Å². The number of nitrogens with two attached hydrogens (primary N) is 1. The van der Waals surface area contributed by atoms with Gasteiger partial charge in [0.25, 0.3) is 0 Å². The van der Waals surface area contributed by atoms with Gasteiger partial charge in [0, 0.05) is 10.9 Å². The molecule has 2 aromatic rings. The number of rotatable bonds is 7. The highest BCUT2D eigenvalue weighted by Crippen LogP contribution is 2.23. The van der Waals surface area contributed by atoms with E-state index in [-0.39, 0.29) is 0 Å². The molecule has 0 aliphatic heterocycles. The van der Waals surface area contributed by atoms with Gasteiger partial charge in [-0.1, -0.05) is 37.6 Å². The van der Waals surface area contributed by atoms with Crippen LogP contribution in [0.15, 0.2) is 29.6 Å². The Bertz CT molecular complexity index is 488. The first-order valence-electron chi connectivity index (χ1n) is 7.07. The number of hydrogen-bond acceptors (Lipinski definition) is 3. The van der Waals surface area contributed by atoms with Gasteiger partial charge in [-0.2, -0.15) is 0 Å². The minimum absolute atomic E-state index is 0.775. The van der Waals surface area contributed by atoms with Crippen molar-refractivity contribution < 1.29 is 0 Å². The molecule has 1 aromatic heterocycles. The van der Waals surface area contributed by atoms with Gasteiger partial charge in [0.2, 0.25) is 0 Å². The van der Waals surface area contributed by atoms with Crippen LogP contribution in [0.25, 0.3) is 11.3 Å². The second-order valence-electron chi connectivity index (χ2n) is 4.82. The molecule has 0 spiro atoms. The molecular formula is C16H22N2S. The van der Waals surface area contributed by atoms with E-state index >= 15 is 0 Å². The third kappa shape index (κ3) is 4.15. The lowest BCUT2D eigenvalue weighted by molar-refractivity contribution is 0.742. The number of nitrogens with zero attached hydrogens (tertiary/aromatic N) is 1. The molecule has 2 rings (SSSR count). The number of aromatic nitrogens is 1. The van der Waals surface area contributed by atoms with E-state index in [1.807, 2.05) is 0 Å². The minimum Gasteiger partial charge on any atom is -0.330 e. The van der Waals surface area contributed by atoms with Gasteiger partial charge in [-0.15, -0.1) is 11.3 Å². The summed E-state index contributed by atoms with van der Waals surface area (Å²) in [6, 6.07) is 8.80. The number of unbranched alkanes of at least 4 members (excludes halogenated alkanes) is 1. The van der Waals surface area contributed by atoms with Gasteiger partial charge in [0.1, 0.15) is 0 Å². The maximum atomic E-state index is 5.51. The largest absolute Gasteiger partial charge is 0.330 e. The van der Waals surface area contributed by atoms with Gasteiger partial charge >= 0.3 is 0 Å². The number of hydrogen-bond donors (Lipinski definition) is 1. The van der Waals surface area contributed by atoms with Gasteiger partial charge in [0.05, 0.1) is 10.7 Å². The molecule has 0 unspecified atom stereocenters. The number of aryl methyl sites for hydroxylation is 2. The minimum atomic E-state index is 0.775. The molecular weight excluding hydrogens is 252 g/mol. The van der Waals surface area contributed by atoms with Crippen LogP contribution in [0, 0.1) is 0 Å². The molecule has 0 saturated carbocycles. The molecule has 0 fully saturated rings. The lowest BCUT2D eigenvalue weighted by Crippen LogP contribution is -1.98. The molecule has 0 bridgehead atoms. The first-order valence-corrected chi connectivity index (χ1v) is 7.95. The second kappa shape index (κ2) is 7.41. The Hall–Kier alpha value is -1.19. The Labute approximate surface area is 119 Å². The maximum Gasteiger partial charge on any atom is 0.0932 e. The first kappa shape index (κ1) is 14.2. The number of benzene rings is 1. The Morgan fingerprint density at radius 3 is 2.58 bits per heavy atom. The van der Waals surface area contributed by atoms with Crippen LogP contribution < -0.4 is 5.73 Å². The molecule has 2 nitrogen and oxygen atoms in total. The predicted octanol–water partition coefficient (Wildman–Crippen LogP) is 4.04. The summed E-state index contributed by atoms with van der Waals surface area (Å²) in [5, 5.41) is 3.38. The summed E-state index contributed by atoms with van der Waals surface area (Å²) in [6.45, 7) is 2.99. The highest BCUT2D eigenvalue weighted by Gasteiger charge is 2.04. The summed E-state index contributed by atoms with van der Waals surface area (Å²) in [5.74, 6) is 0. The summed E-state index contributed by atoms with van der Waals surface area (Å²) in [5.41, 5.74) is 9.25. The fourth-order valence-corrected chi connectivity index (χ4v) is 2.96. The smallest absolute Gasteiger partial charge is 0.0932 e. The summed E-state index contributed by atoms with van der Waals surface area (Å²) in [4.78, 5) is 4.71. The Balaban J connectivity index is 2.01. The third-order valence-corrected chi connectivity index (χ3v) is 4.09. The molecule has 19 heavy (non-hydrogen) atoms. The van der Waals surface area contributed by atoms with Crippen molar-refractivity contribution in [3.05, 3.63) is 40.2 Å². The maximum absolute atomic E-state index is 5.51. The molecule has 102 valence electrons. The van der Waals surface area contributed by atoms with E-state index in [1.165, 1.54) is 22.6 Å². The molecule has 0 atom stereocenters. The van der Waals surface area contributed by atoms with E-state index in [4.69, 9.17) is 10.7 Å². The van der Waals surface area contributed by atoms with Crippen molar-refractivity contribution in [3.8, 4) is 11.3 Å². The van der Waals surface area contributed by atoms with Gasteiger partial charge in [-0.05, 0) is 37.8 Å². The average molecular weight is 274 g/mol. The zero-order valence-corrected chi connectivity index (χ0v) is 12.4. The Kier molecular flexibility index (Phi) is 5.55. The van der Waals surface area contributed by atoms with E-state index in [9.17, 15) is 0 Å². The Morgan fingerprint density at radius 2 is 1.89 bits per heavy atom. The van der Waals surface area contributed by atoms with Crippen LogP contribution in [-0.2, 0) is 12.8 Å². The lowest BCUT2D eigenvalue weighted by atomic mass is 10.1. The first-order chi connectivity index (χ1) is 9.33.